The lowest BCUT2D eigenvalue weighted by Crippen LogP contribution is -2.07. The summed E-state index contributed by atoms with van der Waals surface area (Å²) in [5.41, 5.74) is 21.8. The highest BCUT2D eigenvalue weighted by Gasteiger charge is 2.35. The number of Topliss-reactive ketones (excluding diaryl/α,β-unsaturated/α-hetero) is 4. The molecule has 0 bridgehead atoms. The van der Waals surface area contributed by atoms with Crippen molar-refractivity contribution in [3.05, 3.63) is 290 Å². The number of nitriles is 6. The molecule has 0 N–H and O–H groups in total. The molecular weight excluding hydrogens is 1610 g/mol. The zero-order valence-corrected chi connectivity index (χ0v) is 65.1. The number of carbonyl (C=O) groups is 4. The Bertz CT molecular complexity index is 6360. The molecule has 0 amide bonds. The number of aryl methyl sites for hydroxylation is 4. The minimum Gasteiger partial charge on any atom is -0.327 e. The van der Waals surface area contributed by atoms with Gasteiger partial charge in [0.2, 0.25) is 0 Å². The van der Waals surface area contributed by atoms with Gasteiger partial charge in [0.1, 0.15) is 46.9 Å². The first kappa shape index (κ1) is 89.9. The van der Waals surface area contributed by atoms with E-state index in [0.717, 1.165) is 48.5 Å². The van der Waals surface area contributed by atoms with Crippen molar-refractivity contribution in [1.82, 2.24) is 38.2 Å². The van der Waals surface area contributed by atoms with E-state index in [0.29, 0.717) is 111 Å². The molecule has 12 rings (SSSR count). The van der Waals surface area contributed by atoms with Crippen molar-refractivity contribution in [3.8, 4) is 36.4 Å². The van der Waals surface area contributed by atoms with Crippen LogP contribution < -0.4 is 0 Å². The topological polar surface area (TPSA) is 380 Å². The molecular formula is C86H60F12N20O4. The van der Waals surface area contributed by atoms with E-state index in [9.17, 15) is 103 Å². The molecule has 24 nitrogen and oxygen atoms in total. The van der Waals surface area contributed by atoms with Gasteiger partial charge in [-0.1, -0.05) is 56.7 Å². The van der Waals surface area contributed by atoms with Crippen molar-refractivity contribution in [2.45, 2.75) is 106 Å². The van der Waals surface area contributed by atoms with Gasteiger partial charge in [-0.15, -0.1) is 0 Å². The molecule has 0 aliphatic carbocycles. The van der Waals surface area contributed by atoms with Crippen LogP contribution in [0.25, 0.3) is 89.3 Å². The number of fused-ring (bicyclic) bond motifs is 4. The van der Waals surface area contributed by atoms with Gasteiger partial charge in [-0.2, -0.15) is 84.3 Å². The van der Waals surface area contributed by atoms with E-state index in [4.69, 9.17) is 11.1 Å². The maximum Gasteiger partial charge on any atom is 0.416 e. The second-order valence-corrected chi connectivity index (χ2v) is 27.3. The third-order valence-corrected chi connectivity index (χ3v) is 18.1. The van der Waals surface area contributed by atoms with Gasteiger partial charge in [0, 0.05) is 129 Å². The minimum atomic E-state index is -4.48. The predicted octanol–water partition coefficient (Wildman–Crippen LogP) is 21.3. The van der Waals surface area contributed by atoms with Crippen LogP contribution in [0, 0.1) is 95.7 Å². The number of carbonyl (C=O) groups excluding carboxylic acids is 4. The molecule has 0 saturated heterocycles. The van der Waals surface area contributed by atoms with Gasteiger partial charge in [-0.25, -0.2) is 19.9 Å². The van der Waals surface area contributed by atoms with Gasteiger partial charge in [-0.05, 0) is 186 Å². The van der Waals surface area contributed by atoms with Crippen LogP contribution >= 0.6 is 0 Å². The van der Waals surface area contributed by atoms with Crippen LogP contribution in [0.1, 0.15) is 128 Å². The Kier molecular flexibility index (Phi) is 27.6. The maximum atomic E-state index is 13.2. The van der Waals surface area contributed by atoms with E-state index >= 15 is 0 Å². The third-order valence-electron chi connectivity index (χ3n) is 18.1. The Morgan fingerprint density at radius 3 is 0.795 bits per heavy atom. The lowest BCUT2D eigenvalue weighted by atomic mass is 10.1. The summed E-state index contributed by atoms with van der Waals surface area (Å²) in [5.74, 6) is -1.78. The normalized spacial score (nSPS) is 11.9. The number of pyridine rings is 4. The third kappa shape index (κ3) is 21.6. The maximum absolute atomic E-state index is 13.2. The number of benzene rings is 4. The Morgan fingerprint density at radius 1 is 0.369 bits per heavy atom. The number of hydrogen-bond acceptors (Lipinski definition) is 16. The predicted molar refractivity (Wildman–Crippen MR) is 424 cm³/mol. The van der Waals surface area contributed by atoms with E-state index in [1.807, 2.05) is 36.4 Å². The fourth-order valence-electron chi connectivity index (χ4n) is 13.0. The first-order valence-corrected chi connectivity index (χ1v) is 35.6. The lowest BCUT2D eigenvalue weighted by Gasteiger charge is -2.11. The lowest BCUT2D eigenvalue weighted by molar-refractivity contribution is -0.138. The summed E-state index contributed by atoms with van der Waals surface area (Å²) in [6.45, 7) is 11.5. The van der Waals surface area contributed by atoms with Crippen LogP contribution in [0.3, 0.4) is 0 Å². The second-order valence-electron chi connectivity index (χ2n) is 27.3. The minimum absolute atomic E-state index is 0.0454. The first-order chi connectivity index (χ1) is 57.5. The van der Waals surface area contributed by atoms with Gasteiger partial charge in [-0.3, -0.25) is 19.2 Å². The number of nitrogens with zero attached hydrogens (tertiary/aromatic N) is 20. The molecule has 0 saturated carbocycles. The Labute approximate surface area is 684 Å². The number of aromatic nitrogens is 8. The summed E-state index contributed by atoms with van der Waals surface area (Å²) < 4.78 is 165. The van der Waals surface area contributed by atoms with E-state index < -0.39 is 70.1 Å². The van der Waals surface area contributed by atoms with Crippen molar-refractivity contribution in [2.75, 3.05) is 0 Å². The summed E-state index contributed by atoms with van der Waals surface area (Å²) in [6, 6.07) is 32.3. The summed E-state index contributed by atoms with van der Waals surface area (Å²) in [4.78, 5) is 69.3. The molecule has 0 radical (unpaired) electrons. The van der Waals surface area contributed by atoms with Crippen LogP contribution in [0.5, 0.6) is 0 Å². The van der Waals surface area contributed by atoms with Gasteiger partial charge in [0.05, 0.1) is 79.2 Å². The monoisotopic (exact) mass is 1660 g/mol. The Balaban J connectivity index is 0.000000185. The average Bonchev–Trinajstić information content (AvgIpc) is 1.63. The zero-order valence-electron chi connectivity index (χ0n) is 65.1. The van der Waals surface area contributed by atoms with E-state index in [2.05, 4.69) is 40.0 Å². The molecule has 0 fully saturated rings. The first-order valence-electron chi connectivity index (χ1n) is 35.6. The molecule has 0 spiro atoms. The standard InChI is InChI=1S/2C22H15F3N4O.2C21H15F3N6O/c2*1-13-5-15(7-19(6-13)22(23,24)25)11-29-12-18(8-17(10-27)14(2)30)20-16(9-26)3-4-28-21(20)29;2*1-12-5-14(7-17(6-12)21(22,23)24)10-30-11-16(8-15(9-25)13(2)31)19-18(28-29-26)3-4-27-20(19)30/h2*3-8,12H,11H2,1-2H3;2*3-8,11H,10H2,1-2H3/b2*17-8+;2*15-8+. The smallest absolute Gasteiger partial charge is 0.327 e. The molecule has 4 aromatic carbocycles. The summed E-state index contributed by atoms with van der Waals surface area (Å²) >= 11 is 0. The van der Waals surface area contributed by atoms with Crippen molar-refractivity contribution in [3.63, 3.8) is 0 Å². The summed E-state index contributed by atoms with van der Waals surface area (Å²) in [6.07, 6.45) is -0.546. The highest BCUT2D eigenvalue weighted by atomic mass is 19.4. The molecule has 122 heavy (non-hydrogen) atoms. The van der Waals surface area contributed by atoms with Crippen LogP contribution in [0.4, 0.5) is 64.1 Å². The van der Waals surface area contributed by atoms with Crippen LogP contribution in [0.15, 0.2) is 179 Å². The summed E-state index contributed by atoms with van der Waals surface area (Å²) in [7, 11) is 0. The number of halogens is 12. The van der Waals surface area contributed by atoms with Gasteiger partial charge in [0.15, 0.2) is 23.1 Å². The Hall–Kier alpha value is -16.0. The molecule has 0 aliphatic rings. The number of alkyl halides is 12. The van der Waals surface area contributed by atoms with E-state index in [1.165, 1.54) is 101 Å². The summed E-state index contributed by atoms with van der Waals surface area (Å²) in [5, 5.41) is 64.7. The molecule has 8 aromatic heterocycles. The van der Waals surface area contributed by atoms with Crippen molar-refractivity contribution in [1.29, 1.82) is 31.6 Å². The number of rotatable bonds is 18. The van der Waals surface area contributed by atoms with Crippen LogP contribution in [-0.4, -0.2) is 61.3 Å². The van der Waals surface area contributed by atoms with Gasteiger partial charge in [0.25, 0.3) is 0 Å². The van der Waals surface area contributed by atoms with Crippen molar-refractivity contribution in [2.24, 2.45) is 10.2 Å². The Morgan fingerprint density at radius 2 is 0.590 bits per heavy atom. The zero-order chi connectivity index (χ0) is 89.6. The second kappa shape index (κ2) is 37.5. The number of hydrogen-bond donors (Lipinski definition) is 0. The van der Waals surface area contributed by atoms with E-state index in [-0.39, 0.29) is 71.0 Å². The number of allylic oxidation sites excluding steroid dienone is 4. The van der Waals surface area contributed by atoms with E-state index in [1.54, 1.807) is 95.0 Å². The largest absolute Gasteiger partial charge is 0.416 e. The molecule has 612 valence electrons. The molecule has 0 atom stereocenters. The van der Waals surface area contributed by atoms with Gasteiger partial charge >= 0.3 is 24.7 Å². The number of ketones is 4. The molecule has 0 unspecified atom stereocenters. The molecule has 8 heterocycles. The van der Waals surface area contributed by atoms with Crippen LogP contribution in [-0.2, 0) is 70.1 Å². The van der Waals surface area contributed by atoms with Crippen LogP contribution in [0.2, 0.25) is 0 Å². The van der Waals surface area contributed by atoms with Crippen molar-refractivity contribution < 1.29 is 71.9 Å². The fraction of sp³-hybridized carbons (Fsp3) is 0.186. The molecule has 0 aliphatic heterocycles. The van der Waals surface area contributed by atoms with Crippen molar-refractivity contribution >= 4 is 103 Å². The average molecular weight is 1670 g/mol. The molecule has 36 heteroatoms. The quantitative estimate of drug-likeness (QED) is 0.0192. The highest BCUT2D eigenvalue weighted by molar-refractivity contribution is 6.08. The number of azide groups is 2. The van der Waals surface area contributed by atoms with Gasteiger partial charge < -0.3 is 18.3 Å². The fourth-order valence-corrected chi connectivity index (χ4v) is 13.0. The highest BCUT2D eigenvalue weighted by Crippen LogP contribution is 2.39. The molecule has 12 aromatic rings. The SMILES string of the molecule is CC(=O)/C(C#N)=C/c1cn(Cc2cc(C)cc(C(F)(F)F)c2)c2nccc(C#N)c12.CC(=O)/C(C#N)=C/c1cn(Cc2cc(C)cc(C(F)(F)F)c2)c2nccc(C#N)c12.CC(=O)/C(C#N)=C/c1cn(Cc2cc(C)cc(C(F)(F)F)c2)c2nccc(N=[N+]=[N-])c12.CC(=O)/C(C#N)=C/c1cn(Cc2cc(C)cc(C(F)(F)F)c2)c2nccc(N=[N+]=[N-])c12.